The number of piperidine rings is 1. The third-order valence-electron chi connectivity index (χ3n) is 4.42. The van der Waals surface area contributed by atoms with Gasteiger partial charge in [-0.2, -0.15) is 0 Å². The molecule has 1 atom stereocenters. The Hall–Kier alpha value is -2.54. The zero-order chi connectivity index (χ0) is 17.6. The standard InChI is InChI=1S/C18H22N4O3/c1-25-10-6-17(24)22-9-2-3-14(12-22)18-20-15(11-16(23)21-18)13-4-7-19-8-5-13/h4-5,7-8,11,14H,2-3,6,9-10,12H2,1H3,(H,20,21,23)/t14-/m1/s1. The molecule has 1 N–H and O–H groups in total. The van der Waals surface area contributed by atoms with Gasteiger partial charge in [0, 0.05) is 50.1 Å². The second kappa shape index (κ2) is 8.02. The van der Waals surface area contributed by atoms with Crippen LogP contribution in [0.4, 0.5) is 0 Å². The van der Waals surface area contributed by atoms with Crippen molar-refractivity contribution < 1.29 is 9.53 Å². The van der Waals surface area contributed by atoms with Gasteiger partial charge in [0.1, 0.15) is 5.82 Å². The topological polar surface area (TPSA) is 88.2 Å². The van der Waals surface area contributed by atoms with Gasteiger partial charge in [-0.1, -0.05) is 0 Å². The van der Waals surface area contributed by atoms with Crippen molar-refractivity contribution in [1.29, 1.82) is 0 Å². The SMILES string of the molecule is COCCC(=O)N1CCC[C@@H](c2nc(-c3ccncc3)cc(=O)[nH]2)C1. The van der Waals surface area contributed by atoms with Crippen molar-refractivity contribution in [3.63, 3.8) is 0 Å². The van der Waals surface area contributed by atoms with Crippen LogP contribution in [0, 0.1) is 0 Å². The smallest absolute Gasteiger partial charge is 0.251 e. The molecule has 0 spiro atoms. The first-order valence-electron chi connectivity index (χ1n) is 8.45. The van der Waals surface area contributed by atoms with Crippen LogP contribution in [0.1, 0.15) is 31.0 Å². The number of methoxy groups -OCH3 is 1. The Kier molecular flexibility index (Phi) is 5.55. The number of rotatable bonds is 5. The van der Waals surface area contributed by atoms with Crippen LogP contribution in [0.3, 0.4) is 0 Å². The molecule has 7 heteroatoms. The molecule has 2 aromatic heterocycles. The Balaban J connectivity index is 1.80. The normalized spacial score (nSPS) is 17.5. The Morgan fingerprint density at radius 3 is 2.96 bits per heavy atom. The van der Waals surface area contributed by atoms with Crippen molar-refractivity contribution in [2.24, 2.45) is 0 Å². The summed E-state index contributed by atoms with van der Waals surface area (Å²) in [6.07, 6.45) is 5.52. The summed E-state index contributed by atoms with van der Waals surface area (Å²) in [6.45, 7) is 1.74. The number of aromatic amines is 1. The van der Waals surface area contributed by atoms with E-state index in [9.17, 15) is 9.59 Å². The molecule has 2 aromatic rings. The maximum atomic E-state index is 12.2. The molecule has 1 aliphatic rings. The van der Waals surface area contributed by atoms with E-state index in [0.29, 0.717) is 31.1 Å². The summed E-state index contributed by atoms with van der Waals surface area (Å²) in [6, 6.07) is 5.14. The molecule has 1 amide bonds. The average Bonchev–Trinajstić information content (AvgIpc) is 2.66. The lowest BCUT2D eigenvalue weighted by Crippen LogP contribution is -2.40. The molecule has 0 bridgehead atoms. The van der Waals surface area contributed by atoms with Gasteiger partial charge >= 0.3 is 0 Å². The molecule has 0 unspecified atom stereocenters. The molecule has 0 saturated carbocycles. The van der Waals surface area contributed by atoms with Crippen molar-refractivity contribution in [2.45, 2.75) is 25.2 Å². The van der Waals surface area contributed by atoms with E-state index in [1.807, 2.05) is 17.0 Å². The minimum Gasteiger partial charge on any atom is -0.384 e. The number of hydrogen-bond donors (Lipinski definition) is 1. The van der Waals surface area contributed by atoms with Crippen LogP contribution < -0.4 is 5.56 Å². The van der Waals surface area contributed by atoms with Crippen LogP contribution in [0.5, 0.6) is 0 Å². The molecule has 1 saturated heterocycles. The Morgan fingerprint density at radius 2 is 2.20 bits per heavy atom. The minimum absolute atomic E-state index is 0.0368. The van der Waals surface area contributed by atoms with Crippen molar-refractivity contribution in [2.75, 3.05) is 26.8 Å². The first-order chi connectivity index (χ1) is 12.2. The second-order valence-corrected chi connectivity index (χ2v) is 6.17. The highest BCUT2D eigenvalue weighted by Gasteiger charge is 2.26. The molecule has 132 valence electrons. The second-order valence-electron chi connectivity index (χ2n) is 6.17. The first kappa shape index (κ1) is 17.3. The molecule has 3 heterocycles. The third-order valence-corrected chi connectivity index (χ3v) is 4.42. The van der Waals surface area contributed by atoms with Crippen LogP contribution in [0.2, 0.25) is 0 Å². The van der Waals surface area contributed by atoms with Gasteiger partial charge in [-0.05, 0) is 25.0 Å². The number of carbonyl (C=O) groups is 1. The van der Waals surface area contributed by atoms with Crippen LogP contribution >= 0.6 is 0 Å². The van der Waals surface area contributed by atoms with Crippen molar-refractivity contribution in [3.05, 3.63) is 46.8 Å². The van der Waals surface area contributed by atoms with Crippen LogP contribution in [0.25, 0.3) is 11.3 Å². The lowest BCUT2D eigenvalue weighted by molar-refractivity contribution is -0.133. The Morgan fingerprint density at radius 1 is 1.40 bits per heavy atom. The largest absolute Gasteiger partial charge is 0.384 e. The van der Waals surface area contributed by atoms with E-state index in [1.54, 1.807) is 19.5 Å². The lowest BCUT2D eigenvalue weighted by Gasteiger charge is -2.32. The molecule has 25 heavy (non-hydrogen) atoms. The minimum atomic E-state index is -0.181. The highest BCUT2D eigenvalue weighted by Crippen LogP contribution is 2.25. The van der Waals surface area contributed by atoms with E-state index < -0.39 is 0 Å². The number of aromatic nitrogens is 3. The van der Waals surface area contributed by atoms with E-state index in [-0.39, 0.29) is 17.4 Å². The molecule has 7 nitrogen and oxygen atoms in total. The number of pyridine rings is 1. The van der Waals surface area contributed by atoms with Crippen molar-refractivity contribution >= 4 is 5.91 Å². The maximum absolute atomic E-state index is 12.2. The number of hydrogen-bond acceptors (Lipinski definition) is 5. The van der Waals surface area contributed by atoms with Crippen molar-refractivity contribution in [3.8, 4) is 11.3 Å². The van der Waals surface area contributed by atoms with Gasteiger partial charge in [-0.25, -0.2) is 4.98 Å². The summed E-state index contributed by atoms with van der Waals surface area (Å²) in [4.78, 5) is 37.6. The molecule has 0 aromatic carbocycles. The van der Waals surface area contributed by atoms with E-state index >= 15 is 0 Å². The number of ether oxygens (including phenoxy) is 1. The summed E-state index contributed by atoms with van der Waals surface area (Å²) < 4.78 is 4.98. The lowest BCUT2D eigenvalue weighted by atomic mass is 9.96. The average molecular weight is 342 g/mol. The van der Waals surface area contributed by atoms with E-state index in [1.165, 1.54) is 6.07 Å². The number of nitrogens with zero attached hydrogens (tertiary/aromatic N) is 3. The van der Waals surface area contributed by atoms with Gasteiger partial charge < -0.3 is 14.6 Å². The zero-order valence-corrected chi connectivity index (χ0v) is 14.3. The summed E-state index contributed by atoms with van der Waals surface area (Å²) in [5.41, 5.74) is 1.30. The van der Waals surface area contributed by atoms with Gasteiger partial charge in [0.15, 0.2) is 0 Å². The van der Waals surface area contributed by atoms with E-state index in [0.717, 1.165) is 24.9 Å². The molecule has 3 rings (SSSR count). The quantitative estimate of drug-likeness (QED) is 0.891. The maximum Gasteiger partial charge on any atom is 0.251 e. The highest BCUT2D eigenvalue weighted by atomic mass is 16.5. The molecule has 1 fully saturated rings. The van der Waals surface area contributed by atoms with Crippen LogP contribution in [-0.2, 0) is 9.53 Å². The number of nitrogens with one attached hydrogen (secondary N) is 1. The third kappa shape index (κ3) is 4.30. The van der Waals surface area contributed by atoms with Gasteiger partial charge in [0.05, 0.1) is 18.7 Å². The van der Waals surface area contributed by atoms with Gasteiger partial charge in [-0.15, -0.1) is 0 Å². The fraction of sp³-hybridized carbons (Fsp3) is 0.444. The van der Waals surface area contributed by atoms with E-state index in [2.05, 4.69) is 15.0 Å². The van der Waals surface area contributed by atoms with Gasteiger partial charge in [0.2, 0.25) is 5.91 Å². The molecule has 1 aliphatic heterocycles. The fourth-order valence-corrected chi connectivity index (χ4v) is 3.11. The molecule has 0 aliphatic carbocycles. The zero-order valence-electron chi connectivity index (χ0n) is 14.3. The summed E-state index contributed by atoms with van der Waals surface area (Å²) in [5, 5.41) is 0. The number of carbonyl (C=O) groups excluding carboxylic acids is 1. The highest BCUT2D eigenvalue weighted by molar-refractivity contribution is 5.76. The van der Waals surface area contributed by atoms with E-state index in [4.69, 9.17) is 4.74 Å². The monoisotopic (exact) mass is 342 g/mol. The summed E-state index contributed by atoms with van der Waals surface area (Å²) in [5.74, 6) is 0.762. The predicted molar refractivity (Wildman–Crippen MR) is 93.1 cm³/mol. The first-order valence-corrected chi connectivity index (χ1v) is 8.45. The Bertz CT molecular complexity index is 775. The summed E-state index contributed by atoms with van der Waals surface area (Å²) in [7, 11) is 1.59. The molecule has 0 radical (unpaired) electrons. The number of likely N-dealkylation sites (tertiary alicyclic amines) is 1. The van der Waals surface area contributed by atoms with Gasteiger partial charge in [0.25, 0.3) is 5.56 Å². The summed E-state index contributed by atoms with van der Waals surface area (Å²) >= 11 is 0. The van der Waals surface area contributed by atoms with Gasteiger partial charge in [-0.3, -0.25) is 14.6 Å². The number of H-pyrrole nitrogens is 1. The van der Waals surface area contributed by atoms with Crippen LogP contribution in [0.15, 0.2) is 35.4 Å². The predicted octanol–water partition coefficient (Wildman–Crippen LogP) is 1.57. The number of amides is 1. The molecular formula is C18H22N4O3. The van der Waals surface area contributed by atoms with Crippen molar-refractivity contribution in [1.82, 2.24) is 19.9 Å². The molecular weight excluding hydrogens is 320 g/mol. The Labute approximate surface area is 146 Å². The fourth-order valence-electron chi connectivity index (χ4n) is 3.11. The van der Waals surface area contributed by atoms with Crippen LogP contribution in [-0.4, -0.2) is 52.6 Å².